The van der Waals surface area contributed by atoms with E-state index in [1.807, 2.05) is 24.2 Å². The van der Waals surface area contributed by atoms with Gasteiger partial charge in [0, 0.05) is 49.9 Å². The highest BCUT2D eigenvalue weighted by atomic mass is 16.2. The average molecular weight is 368 g/mol. The van der Waals surface area contributed by atoms with Gasteiger partial charge < -0.3 is 9.80 Å². The van der Waals surface area contributed by atoms with Crippen molar-refractivity contribution in [2.24, 2.45) is 11.8 Å². The molecule has 1 saturated heterocycles. The third-order valence-corrected chi connectivity index (χ3v) is 5.71. The second-order valence-corrected chi connectivity index (χ2v) is 8.50. The fourth-order valence-electron chi connectivity index (χ4n) is 4.27. The third-order valence-electron chi connectivity index (χ3n) is 5.71. The monoisotopic (exact) mass is 367 g/mol. The molecular weight excluding hydrogens is 334 g/mol. The standard InChI is InChI=1S/C23H33N3O/c1-6-18-9-10-21(20-8-7-11-24-23(18)20)26-14-17(4)13-19(15-26)25(5)22(27)12-16(2)3/h7-11,16-17,19H,6,12-15H2,1-5H3/t17-,19+/m0/s1. The minimum atomic E-state index is 0.261. The van der Waals surface area contributed by atoms with Crippen LogP contribution in [-0.2, 0) is 11.2 Å². The number of carbonyl (C=O) groups is 1. The van der Waals surface area contributed by atoms with Gasteiger partial charge in [0.25, 0.3) is 0 Å². The normalized spacial score (nSPS) is 20.3. The molecule has 0 spiro atoms. The van der Waals surface area contributed by atoms with Crippen LogP contribution in [0.25, 0.3) is 10.9 Å². The van der Waals surface area contributed by atoms with E-state index < -0.39 is 0 Å². The van der Waals surface area contributed by atoms with Crippen molar-refractivity contribution in [2.75, 3.05) is 25.0 Å². The van der Waals surface area contributed by atoms with Crippen LogP contribution in [0.5, 0.6) is 0 Å². The molecule has 0 unspecified atom stereocenters. The van der Waals surface area contributed by atoms with Crippen LogP contribution in [0.15, 0.2) is 30.5 Å². The van der Waals surface area contributed by atoms with Crippen LogP contribution in [0.2, 0.25) is 0 Å². The van der Waals surface area contributed by atoms with Crippen molar-refractivity contribution < 1.29 is 4.79 Å². The molecule has 1 aliphatic rings. The zero-order valence-electron chi connectivity index (χ0n) is 17.4. The van der Waals surface area contributed by atoms with E-state index in [0.717, 1.165) is 31.4 Å². The Morgan fingerprint density at radius 3 is 2.78 bits per heavy atom. The molecule has 0 aliphatic carbocycles. The van der Waals surface area contributed by atoms with Crippen LogP contribution in [0.4, 0.5) is 5.69 Å². The summed E-state index contributed by atoms with van der Waals surface area (Å²) in [6.07, 6.45) is 4.56. The molecule has 2 aromatic rings. The zero-order valence-corrected chi connectivity index (χ0v) is 17.4. The molecular formula is C23H33N3O. The van der Waals surface area contributed by atoms with Crippen LogP contribution < -0.4 is 4.90 Å². The van der Waals surface area contributed by atoms with Crippen LogP contribution in [0.1, 0.15) is 46.1 Å². The van der Waals surface area contributed by atoms with Gasteiger partial charge in [-0.15, -0.1) is 0 Å². The molecule has 1 aromatic carbocycles. The number of amides is 1. The molecule has 0 bridgehead atoms. The SMILES string of the molecule is CCc1ccc(N2C[C@@H](C)C[C@@H](N(C)C(=O)CC(C)C)C2)c2cccnc12. The van der Waals surface area contributed by atoms with Gasteiger partial charge >= 0.3 is 0 Å². The van der Waals surface area contributed by atoms with E-state index in [2.05, 4.69) is 55.8 Å². The fraction of sp³-hybridized carbons (Fsp3) is 0.565. The maximum absolute atomic E-state index is 12.6. The average Bonchev–Trinajstić information content (AvgIpc) is 2.65. The number of pyridine rings is 1. The summed E-state index contributed by atoms with van der Waals surface area (Å²) in [4.78, 5) is 21.7. The van der Waals surface area contributed by atoms with Gasteiger partial charge in [0.2, 0.25) is 5.91 Å². The highest BCUT2D eigenvalue weighted by Gasteiger charge is 2.30. The van der Waals surface area contributed by atoms with Crippen LogP contribution in [-0.4, -0.2) is 42.0 Å². The first kappa shape index (κ1) is 19.7. The molecule has 1 fully saturated rings. The fourth-order valence-corrected chi connectivity index (χ4v) is 4.27. The number of aromatic nitrogens is 1. The van der Waals surface area contributed by atoms with E-state index in [9.17, 15) is 4.79 Å². The number of fused-ring (bicyclic) bond motifs is 1. The quantitative estimate of drug-likeness (QED) is 0.780. The van der Waals surface area contributed by atoms with E-state index in [0.29, 0.717) is 18.3 Å². The maximum atomic E-state index is 12.6. The molecule has 4 heteroatoms. The number of piperidine rings is 1. The molecule has 2 atom stereocenters. The van der Waals surface area contributed by atoms with Crippen molar-refractivity contribution >= 4 is 22.5 Å². The lowest BCUT2D eigenvalue weighted by atomic mass is 9.93. The second kappa shape index (κ2) is 8.28. The number of carbonyl (C=O) groups excluding carboxylic acids is 1. The first-order chi connectivity index (χ1) is 12.9. The molecule has 3 rings (SSSR count). The third kappa shape index (κ3) is 4.26. The molecule has 146 valence electrons. The first-order valence-electron chi connectivity index (χ1n) is 10.3. The topological polar surface area (TPSA) is 36.4 Å². The number of nitrogens with zero attached hydrogens (tertiary/aromatic N) is 3. The van der Waals surface area contributed by atoms with Crippen molar-refractivity contribution in [3.63, 3.8) is 0 Å². The minimum absolute atomic E-state index is 0.261. The van der Waals surface area contributed by atoms with Crippen LogP contribution in [0, 0.1) is 11.8 Å². The molecule has 27 heavy (non-hydrogen) atoms. The minimum Gasteiger partial charge on any atom is -0.369 e. The highest BCUT2D eigenvalue weighted by Crippen LogP contribution is 2.32. The Bertz CT molecular complexity index is 801. The predicted octanol–water partition coefficient (Wildman–Crippen LogP) is 4.52. The van der Waals surface area contributed by atoms with Crippen LogP contribution in [0.3, 0.4) is 0 Å². The maximum Gasteiger partial charge on any atom is 0.222 e. The molecule has 1 aliphatic heterocycles. The highest BCUT2D eigenvalue weighted by molar-refractivity contribution is 5.94. The summed E-state index contributed by atoms with van der Waals surface area (Å²) in [5.74, 6) is 1.21. The van der Waals surface area contributed by atoms with Gasteiger partial charge in [0.1, 0.15) is 0 Å². The van der Waals surface area contributed by atoms with Gasteiger partial charge in [-0.25, -0.2) is 0 Å². The Kier molecular flexibility index (Phi) is 6.03. The summed E-state index contributed by atoms with van der Waals surface area (Å²) < 4.78 is 0. The lowest BCUT2D eigenvalue weighted by molar-refractivity contribution is -0.133. The molecule has 4 nitrogen and oxygen atoms in total. The Hall–Kier alpha value is -2.10. The van der Waals surface area contributed by atoms with Crippen molar-refractivity contribution in [3.05, 3.63) is 36.0 Å². The van der Waals surface area contributed by atoms with E-state index in [1.165, 1.54) is 16.6 Å². The van der Waals surface area contributed by atoms with Crippen molar-refractivity contribution in [3.8, 4) is 0 Å². The number of anilines is 1. The molecule has 1 amide bonds. The summed E-state index contributed by atoms with van der Waals surface area (Å²) in [6.45, 7) is 10.6. The predicted molar refractivity (Wildman–Crippen MR) is 113 cm³/mol. The van der Waals surface area contributed by atoms with Gasteiger partial charge in [-0.1, -0.05) is 33.8 Å². The van der Waals surface area contributed by atoms with E-state index >= 15 is 0 Å². The Balaban J connectivity index is 1.89. The van der Waals surface area contributed by atoms with Gasteiger partial charge in [-0.2, -0.15) is 0 Å². The second-order valence-electron chi connectivity index (χ2n) is 8.50. The summed E-state index contributed by atoms with van der Waals surface area (Å²) >= 11 is 0. The molecule has 2 heterocycles. The number of aryl methyl sites for hydroxylation is 1. The summed E-state index contributed by atoms with van der Waals surface area (Å²) in [6, 6.07) is 8.92. The smallest absolute Gasteiger partial charge is 0.222 e. The van der Waals surface area contributed by atoms with Gasteiger partial charge in [0.05, 0.1) is 5.52 Å². The van der Waals surface area contributed by atoms with Crippen molar-refractivity contribution in [2.45, 2.75) is 53.0 Å². The first-order valence-corrected chi connectivity index (χ1v) is 10.3. The summed E-state index contributed by atoms with van der Waals surface area (Å²) in [5.41, 5.74) is 3.65. The van der Waals surface area contributed by atoms with Gasteiger partial charge in [-0.05, 0) is 48.4 Å². The summed E-state index contributed by atoms with van der Waals surface area (Å²) in [7, 11) is 1.98. The van der Waals surface area contributed by atoms with Gasteiger partial charge in [0.15, 0.2) is 0 Å². The lowest BCUT2D eigenvalue weighted by Gasteiger charge is -2.42. The number of rotatable bonds is 5. The number of likely N-dealkylation sites (N-methyl/N-ethyl adjacent to an activating group) is 1. The lowest BCUT2D eigenvalue weighted by Crippen LogP contribution is -2.51. The van der Waals surface area contributed by atoms with E-state index in [-0.39, 0.29) is 11.9 Å². The van der Waals surface area contributed by atoms with E-state index in [4.69, 9.17) is 0 Å². The molecule has 1 aromatic heterocycles. The van der Waals surface area contributed by atoms with Crippen molar-refractivity contribution in [1.29, 1.82) is 0 Å². The Morgan fingerprint density at radius 2 is 2.07 bits per heavy atom. The Labute approximate surface area is 163 Å². The zero-order chi connectivity index (χ0) is 19.6. The van der Waals surface area contributed by atoms with Crippen molar-refractivity contribution in [1.82, 2.24) is 9.88 Å². The van der Waals surface area contributed by atoms with Gasteiger partial charge in [-0.3, -0.25) is 9.78 Å². The number of hydrogen-bond donors (Lipinski definition) is 0. The number of benzene rings is 1. The number of hydrogen-bond acceptors (Lipinski definition) is 3. The molecule has 0 radical (unpaired) electrons. The van der Waals surface area contributed by atoms with Crippen LogP contribution >= 0.6 is 0 Å². The largest absolute Gasteiger partial charge is 0.369 e. The Morgan fingerprint density at radius 1 is 1.30 bits per heavy atom. The van der Waals surface area contributed by atoms with E-state index in [1.54, 1.807) is 0 Å². The molecule has 0 saturated carbocycles. The summed E-state index contributed by atoms with van der Waals surface area (Å²) in [5, 5.41) is 1.22. The molecule has 0 N–H and O–H groups in total.